The van der Waals surface area contributed by atoms with Crippen LogP contribution in [0.1, 0.15) is 44.2 Å². The molecule has 1 aromatic rings. The second-order valence-corrected chi connectivity index (χ2v) is 14.1. The molecule has 1 aliphatic carbocycles. The van der Waals surface area contributed by atoms with Crippen molar-refractivity contribution in [2.45, 2.75) is 45.2 Å². The van der Waals surface area contributed by atoms with Gasteiger partial charge in [-0.2, -0.15) is 9.81 Å². The van der Waals surface area contributed by atoms with Crippen molar-refractivity contribution in [3.05, 3.63) is 53.7 Å². The van der Waals surface area contributed by atoms with Crippen LogP contribution in [0.25, 0.3) is 5.57 Å². The average Bonchev–Trinajstić information content (AvgIpc) is 2.91. The molecule has 0 amide bonds. The summed E-state index contributed by atoms with van der Waals surface area (Å²) in [5.74, 6) is 0.206. The molecule has 1 aromatic carbocycles. The Balaban J connectivity index is 1.31. The monoisotopic (exact) mass is 541 g/mol. The molecule has 206 valence electrons. The van der Waals surface area contributed by atoms with E-state index >= 15 is 0 Å². The summed E-state index contributed by atoms with van der Waals surface area (Å²) in [6.45, 7) is 9.55. The molecule has 8 nitrogen and oxygen atoms in total. The molecule has 0 spiro atoms. The second kappa shape index (κ2) is 10.9. The van der Waals surface area contributed by atoms with Gasteiger partial charge in [0, 0.05) is 36.0 Å². The Morgan fingerprint density at radius 2 is 1.97 bits per heavy atom. The molecule has 5 atom stereocenters. The van der Waals surface area contributed by atoms with Gasteiger partial charge >= 0.3 is 10.4 Å². The van der Waals surface area contributed by atoms with E-state index in [1.54, 1.807) is 4.31 Å². The van der Waals surface area contributed by atoms with E-state index < -0.39 is 10.4 Å². The normalized spacial score (nSPS) is 34.7. The fourth-order valence-corrected chi connectivity index (χ4v) is 8.39. The van der Waals surface area contributed by atoms with Crippen LogP contribution in [0, 0.1) is 22.2 Å². The van der Waals surface area contributed by atoms with E-state index in [0.717, 1.165) is 44.5 Å². The van der Waals surface area contributed by atoms with Crippen molar-refractivity contribution in [3.63, 3.8) is 0 Å². The van der Waals surface area contributed by atoms with Gasteiger partial charge in [-0.3, -0.25) is 4.90 Å². The number of nitrogens with one attached hydrogen (secondary N) is 2. The summed E-state index contributed by atoms with van der Waals surface area (Å²) >= 11 is 0. The minimum atomic E-state index is -3.05. The van der Waals surface area contributed by atoms with Crippen LogP contribution in [0.3, 0.4) is 0 Å². The maximum absolute atomic E-state index is 13.0. The summed E-state index contributed by atoms with van der Waals surface area (Å²) in [5.41, 5.74) is 3.16. The first-order valence-electron chi connectivity index (χ1n) is 13.9. The number of benzene rings is 1. The number of hydrogen-bond acceptors (Lipinski definition) is 5. The third-order valence-corrected chi connectivity index (χ3v) is 11.3. The van der Waals surface area contributed by atoms with Crippen LogP contribution in [0.4, 0.5) is 0 Å². The first kappa shape index (κ1) is 27.7. The predicted octanol–water partition coefficient (Wildman–Crippen LogP) is 2.00. The largest absolute Gasteiger partial charge is 0.378 e. The van der Waals surface area contributed by atoms with E-state index in [2.05, 4.69) is 61.6 Å². The van der Waals surface area contributed by atoms with Crippen molar-refractivity contribution >= 4 is 16.0 Å². The zero-order valence-corrected chi connectivity index (χ0v) is 23.8. The molecule has 0 aromatic heterocycles. The van der Waals surface area contributed by atoms with E-state index in [4.69, 9.17) is 4.74 Å². The zero-order chi connectivity index (χ0) is 27.0. The number of fused-ring (bicyclic) bond motifs is 1. The fraction of sp³-hybridized carbons (Fsp3) is 0.621. The molecule has 0 bridgehead atoms. The molecule has 9 heteroatoms. The Hall–Kier alpha value is -1.90. The van der Waals surface area contributed by atoms with Crippen molar-refractivity contribution in [1.29, 1.82) is 5.26 Å². The van der Waals surface area contributed by atoms with Gasteiger partial charge in [-0.25, -0.2) is 0 Å². The number of nitriles is 1. The van der Waals surface area contributed by atoms with Crippen LogP contribution in [0.5, 0.6) is 0 Å². The highest BCUT2D eigenvalue weighted by atomic mass is 32.3. The molecule has 4 aliphatic rings. The van der Waals surface area contributed by atoms with Crippen LogP contribution < -0.4 is 10.2 Å². The minimum Gasteiger partial charge on any atom is -0.378 e. The molecule has 3 heterocycles. The SMILES string of the molecule is C[NH+]1C=CC2(C)CC(c3cccc(C#N)c3)=CC(NC3CCN(C[S+](=O)(O)N4CCOCC4)CC3)C2(C)C1. The summed E-state index contributed by atoms with van der Waals surface area (Å²) in [5, 5.41) is 13.5. The lowest BCUT2D eigenvalue weighted by Crippen LogP contribution is -3.08. The molecule has 0 radical (unpaired) electrons. The van der Waals surface area contributed by atoms with E-state index in [-0.39, 0.29) is 22.7 Å². The van der Waals surface area contributed by atoms with E-state index in [1.807, 2.05) is 18.2 Å². The van der Waals surface area contributed by atoms with Crippen LogP contribution in [0.2, 0.25) is 0 Å². The van der Waals surface area contributed by atoms with Gasteiger partial charge in [0.15, 0.2) is 0 Å². The highest BCUT2D eigenvalue weighted by Crippen LogP contribution is 2.53. The highest BCUT2D eigenvalue weighted by molar-refractivity contribution is 7.95. The molecule has 3 N–H and O–H groups in total. The van der Waals surface area contributed by atoms with E-state index in [9.17, 15) is 14.0 Å². The molecule has 5 unspecified atom stereocenters. The lowest BCUT2D eigenvalue weighted by atomic mass is 9.54. The van der Waals surface area contributed by atoms with Crippen molar-refractivity contribution < 1.29 is 18.4 Å². The Kier molecular flexibility index (Phi) is 7.96. The molecule has 38 heavy (non-hydrogen) atoms. The number of rotatable bonds is 6. The summed E-state index contributed by atoms with van der Waals surface area (Å²) in [7, 11) is -0.816. The summed E-state index contributed by atoms with van der Waals surface area (Å²) in [4.78, 5) is 3.56. The van der Waals surface area contributed by atoms with E-state index in [0.29, 0.717) is 37.9 Å². The molecule has 3 aliphatic heterocycles. The van der Waals surface area contributed by atoms with Gasteiger partial charge in [0.2, 0.25) is 5.88 Å². The third kappa shape index (κ3) is 5.54. The maximum atomic E-state index is 13.0. The van der Waals surface area contributed by atoms with Crippen LogP contribution in [-0.4, -0.2) is 84.7 Å². The molecule has 5 rings (SSSR count). The fourth-order valence-electron chi connectivity index (χ4n) is 6.78. The zero-order valence-electron chi connectivity index (χ0n) is 23.0. The number of quaternary nitrogens is 1. The van der Waals surface area contributed by atoms with Crippen molar-refractivity contribution in [3.8, 4) is 6.07 Å². The second-order valence-electron chi connectivity index (χ2n) is 12.1. The van der Waals surface area contributed by atoms with Crippen molar-refractivity contribution in [2.24, 2.45) is 10.8 Å². The quantitative estimate of drug-likeness (QED) is 0.477. The van der Waals surface area contributed by atoms with Crippen molar-refractivity contribution in [1.82, 2.24) is 14.5 Å². The highest BCUT2D eigenvalue weighted by Gasteiger charge is 2.55. The van der Waals surface area contributed by atoms with E-state index in [1.165, 1.54) is 10.5 Å². The summed E-state index contributed by atoms with van der Waals surface area (Å²) in [6, 6.07) is 10.8. The first-order valence-corrected chi connectivity index (χ1v) is 15.5. The average molecular weight is 542 g/mol. The van der Waals surface area contributed by atoms with Crippen LogP contribution in [-0.2, 0) is 19.3 Å². The van der Waals surface area contributed by atoms with Gasteiger partial charge < -0.3 is 15.0 Å². The number of likely N-dealkylation sites (tertiary alicyclic amines) is 1. The number of morpholine rings is 1. The first-order chi connectivity index (χ1) is 18.1. The Labute approximate surface area is 228 Å². The molecular weight excluding hydrogens is 498 g/mol. The number of allylic oxidation sites excluding steroid dienone is 2. The van der Waals surface area contributed by atoms with Gasteiger partial charge in [0.05, 0.1) is 57.7 Å². The van der Waals surface area contributed by atoms with Crippen molar-refractivity contribution in [2.75, 3.05) is 58.9 Å². The Morgan fingerprint density at radius 1 is 1.24 bits per heavy atom. The number of ether oxygens (including phenoxy) is 1. The molecular formula is C29H43N5O3S+2. The summed E-state index contributed by atoms with van der Waals surface area (Å²) < 4.78 is 30.8. The third-order valence-electron chi connectivity index (χ3n) is 9.39. The molecule has 2 fully saturated rings. The van der Waals surface area contributed by atoms with Gasteiger partial charge in [0.25, 0.3) is 0 Å². The standard InChI is InChI=1S/C29H41N5O3S/c1-28-9-12-32(3)21-29(28,2)27(18-25(19-28)24-6-4-5-23(17-24)20-30)31-26-7-10-33(11-8-26)22-38(35,36)34-13-15-37-16-14-34/h4-6,9,12,17-18,26-27,31H,7-8,10-11,13-16,19,21-22H2,1-3H3/p+2. The molecule has 0 saturated carbocycles. The topological polar surface area (TPSA) is 93.3 Å². The van der Waals surface area contributed by atoms with Gasteiger partial charge in [-0.1, -0.05) is 36.4 Å². The minimum absolute atomic E-state index is 0.00181. The Bertz CT molecular complexity index is 1170. The maximum Gasteiger partial charge on any atom is 0.306 e. The number of hydrogen-bond donors (Lipinski definition) is 3. The smallest absolute Gasteiger partial charge is 0.306 e. The summed E-state index contributed by atoms with van der Waals surface area (Å²) in [6.07, 6.45) is 9.99. The van der Waals surface area contributed by atoms with Crippen LogP contribution >= 0.6 is 0 Å². The lowest BCUT2D eigenvalue weighted by molar-refractivity contribution is -0.838. The number of piperidine rings is 1. The van der Waals surface area contributed by atoms with Crippen LogP contribution in [0.15, 0.2) is 42.6 Å². The van der Waals surface area contributed by atoms with Gasteiger partial charge in [-0.15, -0.1) is 0 Å². The lowest BCUT2D eigenvalue weighted by Gasteiger charge is -2.55. The predicted molar refractivity (Wildman–Crippen MR) is 150 cm³/mol. The van der Waals surface area contributed by atoms with Gasteiger partial charge in [-0.05, 0) is 52.8 Å². The van der Waals surface area contributed by atoms with Gasteiger partial charge in [0.1, 0.15) is 0 Å². The number of nitrogens with zero attached hydrogens (tertiary/aromatic N) is 3. The molecule has 2 saturated heterocycles. The Morgan fingerprint density at radius 3 is 2.68 bits per heavy atom.